The third-order valence-electron chi connectivity index (χ3n) is 5.55. The van der Waals surface area contributed by atoms with Crippen molar-refractivity contribution in [3.8, 4) is 0 Å². The number of benzene rings is 2. The van der Waals surface area contributed by atoms with Crippen molar-refractivity contribution < 1.29 is 14.0 Å². The lowest BCUT2D eigenvalue weighted by Crippen LogP contribution is -2.67. The molecule has 0 spiro atoms. The minimum absolute atomic E-state index is 0.0400. The predicted octanol–water partition coefficient (Wildman–Crippen LogP) is 3.70. The molecule has 0 saturated carbocycles. The van der Waals surface area contributed by atoms with Crippen LogP contribution in [0.3, 0.4) is 0 Å². The zero-order valence-corrected chi connectivity index (χ0v) is 17.8. The lowest BCUT2D eigenvalue weighted by molar-refractivity contribution is -0.128. The molecule has 144 valence electrons. The van der Waals surface area contributed by atoms with E-state index < -0.39 is 13.9 Å². The van der Waals surface area contributed by atoms with Gasteiger partial charge in [-0.15, -0.1) is 0 Å². The Hall–Kier alpha value is -1.75. The average Bonchev–Trinajstić information content (AvgIpc) is 3.05. The molecule has 0 unspecified atom stereocenters. The van der Waals surface area contributed by atoms with Gasteiger partial charge in [-0.1, -0.05) is 81.4 Å². The number of carbonyl (C=O) groups excluding carboxylic acids is 1. The minimum atomic E-state index is -2.54. The molecule has 1 aliphatic rings. The van der Waals surface area contributed by atoms with Crippen molar-refractivity contribution in [2.45, 2.75) is 57.3 Å². The van der Waals surface area contributed by atoms with Crippen LogP contribution in [0.2, 0.25) is 5.04 Å². The van der Waals surface area contributed by atoms with E-state index in [1.807, 2.05) is 19.1 Å². The molecule has 0 amide bonds. The number of aldehydes is 1. The Balaban J connectivity index is 1.99. The fourth-order valence-corrected chi connectivity index (χ4v) is 8.72. The summed E-state index contributed by atoms with van der Waals surface area (Å²) in [5, 5.41) is 2.47. The third kappa shape index (κ3) is 3.93. The first-order valence-corrected chi connectivity index (χ1v) is 11.6. The van der Waals surface area contributed by atoms with Gasteiger partial charge in [-0.2, -0.15) is 0 Å². The number of hydrogen-bond acceptors (Lipinski definition) is 3. The lowest BCUT2D eigenvalue weighted by atomic mass is 10.1. The average molecular weight is 383 g/mol. The fourth-order valence-electron chi connectivity index (χ4n) is 4.13. The summed E-state index contributed by atoms with van der Waals surface area (Å²) in [4.78, 5) is 11.3. The SMILES string of the molecule is CC(C)(C)[Si](OC[C@H]1CC[C@](C)(C=O)O1)(c1ccccc1)c1ccccc1. The molecule has 1 saturated heterocycles. The van der Waals surface area contributed by atoms with E-state index in [1.165, 1.54) is 10.4 Å². The predicted molar refractivity (Wildman–Crippen MR) is 112 cm³/mol. The molecule has 2 aromatic carbocycles. The highest BCUT2D eigenvalue weighted by molar-refractivity contribution is 6.99. The van der Waals surface area contributed by atoms with Crippen LogP contribution in [0.15, 0.2) is 60.7 Å². The zero-order valence-electron chi connectivity index (χ0n) is 16.8. The summed E-state index contributed by atoms with van der Waals surface area (Å²) in [6, 6.07) is 21.2. The molecule has 0 aromatic heterocycles. The minimum Gasteiger partial charge on any atom is -0.405 e. The molecule has 2 atom stereocenters. The molecule has 0 bridgehead atoms. The summed E-state index contributed by atoms with van der Waals surface area (Å²) in [6.45, 7) is 9.18. The maximum atomic E-state index is 11.3. The van der Waals surface area contributed by atoms with E-state index in [0.717, 1.165) is 19.1 Å². The van der Waals surface area contributed by atoms with Gasteiger partial charge in [0.1, 0.15) is 5.60 Å². The van der Waals surface area contributed by atoms with Crippen molar-refractivity contribution in [3.63, 3.8) is 0 Å². The van der Waals surface area contributed by atoms with Crippen LogP contribution in [0.1, 0.15) is 40.5 Å². The molecular formula is C23H30O3Si. The van der Waals surface area contributed by atoms with Crippen LogP contribution >= 0.6 is 0 Å². The number of ether oxygens (including phenoxy) is 1. The fraction of sp³-hybridized carbons (Fsp3) is 0.435. The maximum Gasteiger partial charge on any atom is 0.261 e. The van der Waals surface area contributed by atoms with Crippen molar-refractivity contribution in [3.05, 3.63) is 60.7 Å². The maximum absolute atomic E-state index is 11.3. The van der Waals surface area contributed by atoms with Crippen LogP contribution < -0.4 is 10.4 Å². The first kappa shape index (κ1) is 20.0. The van der Waals surface area contributed by atoms with Gasteiger partial charge in [0.25, 0.3) is 8.32 Å². The molecule has 0 N–H and O–H groups in total. The second-order valence-corrected chi connectivity index (χ2v) is 13.0. The van der Waals surface area contributed by atoms with E-state index in [1.54, 1.807) is 0 Å². The van der Waals surface area contributed by atoms with Gasteiger partial charge in [-0.3, -0.25) is 0 Å². The molecule has 4 heteroatoms. The normalized spacial score (nSPS) is 23.3. The first-order valence-electron chi connectivity index (χ1n) is 9.70. The summed E-state index contributed by atoms with van der Waals surface area (Å²) < 4.78 is 12.9. The highest BCUT2D eigenvalue weighted by Gasteiger charge is 2.51. The van der Waals surface area contributed by atoms with Gasteiger partial charge in [-0.25, -0.2) is 0 Å². The number of rotatable bonds is 6. The third-order valence-corrected chi connectivity index (χ3v) is 10.6. The largest absolute Gasteiger partial charge is 0.405 e. The van der Waals surface area contributed by atoms with Gasteiger partial charge >= 0.3 is 0 Å². The molecule has 1 aliphatic heterocycles. The van der Waals surface area contributed by atoms with Crippen molar-refractivity contribution in [2.75, 3.05) is 6.61 Å². The smallest absolute Gasteiger partial charge is 0.261 e. The molecule has 1 heterocycles. The summed E-state index contributed by atoms with van der Waals surface area (Å²) in [6.07, 6.45) is 2.50. The van der Waals surface area contributed by atoms with Gasteiger partial charge in [0.05, 0.1) is 12.7 Å². The number of carbonyl (C=O) groups is 1. The van der Waals surface area contributed by atoms with Crippen LogP contribution in [0.5, 0.6) is 0 Å². The van der Waals surface area contributed by atoms with Crippen molar-refractivity contribution in [1.29, 1.82) is 0 Å². The summed E-state index contributed by atoms with van der Waals surface area (Å²) in [5.41, 5.74) is -0.667. The molecule has 0 aliphatic carbocycles. The summed E-state index contributed by atoms with van der Waals surface area (Å²) in [7, 11) is -2.54. The monoisotopic (exact) mass is 382 g/mol. The van der Waals surface area contributed by atoms with Gasteiger partial charge in [0.15, 0.2) is 6.29 Å². The Labute approximate surface area is 163 Å². The molecule has 3 rings (SSSR count). The van der Waals surface area contributed by atoms with Crippen LogP contribution in [0, 0.1) is 0 Å². The van der Waals surface area contributed by atoms with Crippen LogP contribution in [-0.4, -0.2) is 32.9 Å². The summed E-state index contributed by atoms with van der Waals surface area (Å²) >= 11 is 0. The van der Waals surface area contributed by atoms with Crippen molar-refractivity contribution in [2.24, 2.45) is 0 Å². The lowest BCUT2D eigenvalue weighted by Gasteiger charge is -2.43. The molecular weight excluding hydrogens is 352 g/mol. The van der Waals surface area contributed by atoms with E-state index in [4.69, 9.17) is 9.16 Å². The Kier molecular flexibility index (Phi) is 5.70. The van der Waals surface area contributed by atoms with E-state index in [0.29, 0.717) is 6.61 Å². The van der Waals surface area contributed by atoms with E-state index in [-0.39, 0.29) is 11.1 Å². The van der Waals surface area contributed by atoms with Crippen LogP contribution in [0.25, 0.3) is 0 Å². The first-order chi connectivity index (χ1) is 12.8. The van der Waals surface area contributed by atoms with E-state index in [2.05, 4.69) is 69.3 Å². The zero-order chi connectivity index (χ0) is 19.5. The van der Waals surface area contributed by atoms with Gasteiger partial charge in [-0.05, 0) is 35.2 Å². The second kappa shape index (κ2) is 7.70. The Bertz CT molecular complexity index is 715. The Morgan fingerprint density at radius 3 is 2.00 bits per heavy atom. The van der Waals surface area contributed by atoms with Crippen LogP contribution in [0.4, 0.5) is 0 Å². The van der Waals surface area contributed by atoms with Crippen molar-refractivity contribution in [1.82, 2.24) is 0 Å². The Morgan fingerprint density at radius 2 is 1.59 bits per heavy atom. The topological polar surface area (TPSA) is 35.5 Å². The quantitative estimate of drug-likeness (QED) is 0.564. The number of hydrogen-bond donors (Lipinski definition) is 0. The standard InChI is InChI=1S/C23H30O3Si/c1-22(2,3)27(20-11-7-5-8-12-20,21-13-9-6-10-14-21)25-17-19-15-16-23(4,18-24)26-19/h5-14,18-19H,15-17H2,1-4H3/t19-,23-/m1/s1. The molecule has 2 aromatic rings. The highest BCUT2D eigenvalue weighted by Crippen LogP contribution is 2.38. The van der Waals surface area contributed by atoms with Crippen LogP contribution in [-0.2, 0) is 14.0 Å². The van der Waals surface area contributed by atoms with Gasteiger partial charge < -0.3 is 14.0 Å². The van der Waals surface area contributed by atoms with E-state index in [9.17, 15) is 4.79 Å². The van der Waals surface area contributed by atoms with Gasteiger partial charge in [0.2, 0.25) is 0 Å². The molecule has 27 heavy (non-hydrogen) atoms. The van der Waals surface area contributed by atoms with E-state index >= 15 is 0 Å². The van der Waals surface area contributed by atoms with Gasteiger partial charge in [0, 0.05) is 0 Å². The molecule has 3 nitrogen and oxygen atoms in total. The highest BCUT2D eigenvalue weighted by atomic mass is 28.4. The Morgan fingerprint density at radius 1 is 1.07 bits per heavy atom. The molecule has 1 fully saturated rings. The summed E-state index contributed by atoms with van der Waals surface area (Å²) in [5.74, 6) is 0. The second-order valence-electron chi connectivity index (χ2n) is 8.68. The molecule has 0 radical (unpaired) electrons. The van der Waals surface area contributed by atoms with Crippen molar-refractivity contribution >= 4 is 25.0 Å².